The van der Waals surface area contributed by atoms with E-state index in [9.17, 15) is 14.7 Å². The van der Waals surface area contributed by atoms with E-state index in [1.807, 2.05) is 36.4 Å². The second-order valence-electron chi connectivity index (χ2n) is 6.78. The minimum Gasteiger partial charge on any atom is -0.481 e. The molecule has 2 rings (SSSR count). The number of hydrogen-bond donors (Lipinski definition) is 2. The second kappa shape index (κ2) is 7.38. The first kappa shape index (κ1) is 18.5. The molecule has 5 nitrogen and oxygen atoms in total. The molecule has 2 N–H and O–H groups in total. The van der Waals surface area contributed by atoms with Crippen LogP contribution in [0.3, 0.4) is 0 Å². The van der Waals surface area contributed by atoms with Crippen molar-refractivity contribution in [3.05, 3.63) is 42.0 Å². The van der Waals surface area contributed by atoms with Crippen molar-refractivity contribution in [2.75, 3.05) is 0 Å². The molecule has 0 aromatic heterocycles. The predicted octanol–water partition coefficient (Wildman–Crippen LogP) is 3.83. The third kappa shape index (κ3) is 4.60. The molecular formula is C18H22BrNO4. The van der Waals surface area contributed by atoms with Gasteiger partial charge in [-0.1, -0.05) is 52.3 Å². The highest BCUT2D eigenvalue weighted by atomic mass is 79.9. The number of alkyl halides is 1. The zero-order valence-electron chi connectivity index (χ0n) is 14.0. The Balaban J connectivity index is 2.20. The number of halogens is 1. The van der Waals surface area contributed by atoms with E-state index in [-0.39, 0.29) is 0 Å². The van der Waals surface area contributed by atoms with E-state index in [2.05, 4.69) is 21.2 Å². The third-order valence-corrected chi connectivity index (χ3v) is 4.79. The summed E-state index contributed by atoms with van der Waals surface area (Å²) in [7, 11) is 0. The fourth-order valence-electron chi connectivity index (χ4n) is 2.72. The Hall–Kier alpha value is -1.82. The van der Waals surface area contributed by atoms with E-state index in [1.165, 1.54) is 0 Å². The molecule has 0 heterocycles. The molecule has 24 heavy (non-hydrogen) atoms. The van der Waals surface area contributed by atoms with Crippen molar-refractivity contribution in [1.82, 2.24) is 5.32 Å². The normalized spacial score (nSPS) is 24.0. The van der Waals surface area contributed by atoms with Crippen molar-refractivity contribution in [3.63, 3.8) is 0 Å². The van der Waals surface area contributed by atoms with Gasteiger partial charge in [0.15, 0.2) is 0 Å². The number of carboxylic acids is 1. The highest BCUT2D eigenvalue weighted by Crippen LogP contribution is 2.37. The first-order valence-corrected chi connectivity index (χ1v) is 8.72. The lowest BCUT2D eigenvalue weighted by Gasteiger charge is -2.34. The zero-order valence-corrected chi connectivity index (χ0v) is 15.5. The number of carboxylic acid groups (broad SMARTS) is 1. The molecule has 0 fully saturated rings. The number of hydrogen-bond acceptors (Lipinski definition) is 3. The number of rotatable bonds is 3. The van der Waals surface area contributed by atoms with Crippen molar-refractivity contribution in [2.24, 2.45) is 5.92 Å². The maximum atomic E-state index is 12.0. The molecule has 3 atom stereocenters. The maximum Gasteiger partial charge on any atom is 0.407 e. The van der Waals surface area contributed by atoms with Crippen LogP contribution < -0.4 is 5.32 Å². The van der Waals surface area contributed by atoms with Gasteiger partial charge in [0.1, 0.15) is 5.60 Å². The fraction of sp³-hybridized carbons (Fsp3) is 0.444. The summed E-state index contributed by atoms with van der Waals surface area (Å²) in [6.07, 6.45) is 1.80. The van der Waals surface area contributed by atoms with E-state index >= 15 is 0 Å². The molecule has 0 saturated carbocycles. The highest BCUT2D eigenvalue weighted by Gasteiger charge is 2.40. The Labute approximate surface area is 150 Å². The van der Waals surface area contributed by atoms with Gasteiger partial charge in [0.25, 0.3) is 0 Å². The summed E-state index contributed by atoms with van der Waals surface area (Å²) >= 11 is 3.51. The molecule has 0 aliphatic heterocycles. The van der Waals surface area contributed by atoms with Crippen LogP contribution in [0.25, 0.3) is 5.57 Å². The van der Waals surface area contributed by atoms with Crippen molar-refractivity contribution < 1.29 is 19.4 Å². The lowest BCUT2D eigenvalue weighted by molar-refractivity contribution is -0.142. The van der Waals surface area contributed by atoms with Gasteiger partial charge in [-0.3, -0.25) is 4.79 Å². The van der Waals surface area contributed by atoms with Crippen LogP contribution in [0.15, 0.2) is 36.4 Å². The molecule has 0 spiro atoms. The monoisotopic (exact) mass is 395 g/mol. The van der Waals surface area contributed by atoms with Crippen LogP contribution in [0.1, 0.15) is 32.8 Å². The highest BCUT2D eigenvalue weighted by molar-refractivity contribution is 9.09. The van der Waals surface area contributed by atoms with Gasteiger partial charge in [-0.15, -0.1) is 0 Å². The molecular weight excluding hydrogens is 374 g/mol. The van der Waals surface area contributed by atoms with Gasteiger partial charge in [-0.05, 0) is 38.3 Å². The van der Waals surface area contributed by atoms with E-state index in [1.54, 1.807) is 20.8 Å². The summed E-state index contributed by atoms with van der Waals surface area (Å²) < 4.78 is 5.24. The number of allylic oxidation sites excluding steroid dienone is 1. The second-order valence-corrected chi connectivity index (χ2v) is 7.77. The molecule has 0 bridgehead atoms. The van der Waals surface area contributed by atoms with Gasteiger partial charge in [-0.25, -0.2) is 4.79 Å². The molecule has 1 aromatic rings. The summed E-state index contributed by atoms with van der Waals surface area (Å²) in [4.78, 5) is 23.4. The predicted molar refractivity (Wildman–Crippen MR) is 96.0 cm³/mol. The van der Waals surface area contributed by atoms with Gasteiger partial charge >= 0.3 is 12.1 Å². The molecule has 130 valence electrons. The smallest absolute Gasteiger partial charge is 0.407 e. The first-order valence-electron chi connectivity index (χ1n) is 7.81. The van der Waals surface area contributed by atoms with Gasteiger partial charge in [-0.2, -0.15) is 0 Å². The summed E-state index contributed by atoms with van der Waals surface area (Å²) in [6.45, 7) is 5.30. The van der Waals surface area contributed by atoms with Gasteiger partial charge < -0.3 is 15.2 Å². The molecule has 1 amide bonds. The topological polar surface area (TPSA) is 75.6 Å². The Morgan fingerprint density at radius 2 is 1.88 bits per heavy atom. The quantitative estimate of drug-likeness (QED) is 0.762. The van der Waals surface area contributed by atoms with Gasteiger partial charge in [0.2, 0.25) is 0 Å². The Bertz CT molecular complexity index is 636. The summed E-state index contributed by atoms with van der Waals surface area (Å²) in [5.74, 6) is -1.74. The number of carbonyl (C=O) groups excluding carboxylic acids is 1. The number of amides is 1. The average molecular weight is 396 g/mol. The van der Waals surface area contributed by atoms with Gasteiger partial charge in [0, 0.05) is 0 Å². The summed E-state index contributed by atoms with van der Waals surface area (Å²) in [5, 5.41) is 12.3. The number of aliphatic carboxylic acids is 1. The Morgan fingerprint density at radius 1 is 1.25 bits per heavy atom. The van der Waals surface area contributed by atoms with Crippen LogP contribution in [-0.4, -0.2) is 33.6 Å². The van der Waals surface area contributed by atoms with Crippen molar-refractivity contribution in [1.29, 1.82) is 0 Å². The van der Waals surface area contributed by atoms with Crippen LogP contribution in [0.4, 0.5) is 4.79 Å². The largest absolute Gasteiger partial charge is 0.481 e. The maximum absolute atomic E-state index is 12.0. The molecule has 0 saturated heterocycles. The van der Waals surface area contributed by atoms with E-state index < -0.39 is 34.5 Å². The van der Waals surface area contributed by atoms with Crippen LogP contribution >= 0.6 is 15.9 Å². The van der Waals surface area contributed by atoms with Crippen LogP contribution in [0.5, 0.6) is 0 Å². The third-order valence-electron chi connectivity index (χ3n) is 3.73. The van der Waals surface area contributed by atoms with Crippen LogP contribution in [0.2, 0.25) is 0 Å². The number of carbonyl (C=O) groups is 2. The van der Waals surface area contributed by atoms with Gasteiger partial charge in [0.05, 0.1) is 16.8 Å². The van der Waals surface area contributed by atoms with Crippen LogP contribution in [-0.2, 0) is 9.53 Å². The van der Waals surface area contributed by atoms with E-state index in [0.717, 1.165) is 11.1 Å². The van der Waals surface area contributed by atoms with Crippen molar-refractivity contribution in [3.8, 4) is 0 Å². The fourth-order valence-corrected chi connectivity index (χ4v) is 3.77. The number of benzene rings is 1. The zero-order chi connectivity index (χ0) is 17.9. The number of nitrogens with one attached hydrogen (secondary N) is 1. The Morgan fingerprint density at radius 3 is 2.42 bits per heavy atom. The van der Waals surface area contributed by atoms with E-state index in [4.69, 9.17) is 4.74 Å². The lowest BCUT2D eigenvalue weighted by Crippen LogP contribution is -2.49. The van der Waals surface area contributed by atoms with Crippen molar-refractivity contribution >= 4 is 33.6 Å². The molecule has 1 aliphatic rings. The number of ether oxygens (including phenoxy) is 1. The molecule has 1 aliphatic carbocycles. The molecule has 1 aromatic carbocycles. The molecule has 3 unspecified atom stereocenters. The summed E-state index contributed by atoms with van der Waals surface area (Å²) in [5.41, 5.74) is 1.27. The minimum atomic E-state index is -0.959. The van der Waals surface area contributed by atoms with Crippen molar-refractivity contribution in [2.45, 2.75) is 43.7 Å². The van der Waals surface area contributed by atoms with E-state index in [0.29, 0.717) is 6.42 Å². The minimum absolute atomic E-state index is 0.397. The Kier molecular flexibility index (Phi) is 5.70. The summed E-state index contributed by atoms with van der Waals surface area (Å²) in [6, 6.07) is 9.10. The lowest BCUT2D eigenvalue weighted by atomic mass is 9.82. The molecule has 0 radical (unpaired) electrons. The molecule has 6 heteroatoms. The SMILES string of the molecule is CC(C)(C)OC(=O)NC1CC=C(c2ccccc2)C(Br)C1C(=O)O. The first-order chi connectivity index (χ1) is 11.2. The average Bonchev–Trinajstić information content (AvgIpc) is 2.45. The number of alkyl carbamates (subject to hydrolysis) is 1. The van der Waals surface area contributed by atoms with Crippen LogP contribution in [0, 0.1) is 5.92 Å². The standard InChI is InChI=1S/C18H22BrNO4/c1-18(2,3)24-17(23)20-13-10-9-12(11-7-5-4-6-8-11)15(19)14(13)16(21)22/h4-9,13-15H,10H2,1-3H3,(H,20,23)(H,21,22).